The van der Waals surface area contributed by atoms with Crippen molar-refractivity contribution in [3.05, 3.63) is 84.3 Å². The number of hydrogen-bond acceptors (Lipinski definition) is 8. The van der Waals surface area contributed by atoms with Crippen molar-refractivity contribution in [2.45, 2.75) is 25.3 Å². The molecule has 0 unspecified atom stereocenters. The SMILES string of the molecule is CCOC(=O)CN(C)C(=O)OCN(c1ccc(F)c(-c2nn(CC)cc2-c2ccncc2)c1F)S(=O)(=O)c1cc(F)ccc1F. The standard InChI is InChI=1S/C29H27F4N5O6S/c1-4-37-15-20(18-10-12-34-13-11-18)28(35-37)26-22(32)8-9-23(27(26)33)38(17-44-29(40)36(3)16-25(39)43-5-2)45(41,42)24-14-19(30)6-7-21(24)31/h6-15H,4-5,16-17H2,1-3H3. The number of halogens is 4. The minimum atomic E-state index is -5.22. The van der Waals surface area contributed by atoms with Crippen molar-refractivity contribution < 1.29 is 45.0 Å². The summed E-state index contributed by atoms with van der Waals surface area (Å²) >= 11 is 0. The average molecular weight is 650 g/mol. The van der Waals surface area contributed by atoms with Crippen molar-refractivity contribution >= 4 is 27.8 Å². The Morgan fingerprint density at radius 2 is 1.64 bits per heavy atom. The predicted molar refractivity (Wildman–Crippen MR) is 153 cm³/mol. The number of esters is 1. The lowest BCUT2D eigenvalue weighted by molar-refractivity contribution is -0.143. The van der Waals surface area contributed by atoms with E-state index in [1.165, 1.54) is 23.3 Å². The number of amides is 1. The van der Waals surface area contributed by atoms with Gasteiger partial charge in [-0.25, -0.2) is 35.1 Å². The molecule has 0 fully saturated rings. The molecule has 0 aliphatic carbocycles. The van der Waals surface area contributed by atoms with Crippen molar-refractivity contribution in [3.8, 4) is 22.4 Å². The summed E-state index contributed by atoms with van der Waals surface area (Å²) < 4.78 is 99.5. The van der Waals surface area contributed by atoms with Gasteiger partial charge in [0.1, 0.15) is 34.6 Å². The lowest BCUT2D eigenvalue weighted by atomic mass is 10.0. The molecule has 0 spiro atoms. The van der Waals surface area contributed by atoms with Crippen LogP contribution in [0.25, 0.3) is 22.4 Å². The van der Waals surface area contributed by atoms with Crippen LogP contribution in [0.15, 0.2) is 66.0 Å². The van der Waals surface area contributed by atoms with Gasteiger partial charge in [-0.3, -0.25) is 14.5 Å². The normalized spacial score (nSPS) is 11.3. The second-order valence-electron chi connectivity index (χ2n) is 9.37. The van der Waals surface area contributed by atoms with Gasteiger partial charge >= 0.3 is 12.1 Å². The largest absolute Gasteiger partial charge is 0.465 e. The average Bonchev–Trinajstić information content (AvgIpc) is 3.43. The van der Waals surface area contributed by atoms with Crippen LogP contribution in [-0.4, -0.2) is 67.1 Å². The second-order valence-corrected chi connectivity index (χ2v) is 11.2. The fourth-order valence-electron chi connectivity index (χ4n) is 4.21. The quantitative estimate of drug-likeness (QED) is 0.127. The van der Waals surface area contributed by atoms with Gasteiger partial charge in [-0.2, -0.15) is 5.10 Å². The highest BCUT2D eigenvalue weighted by atomic mass is 32.2. The maximum absolute atomic E-state index is 16.5. The molecule has 0 atom stereocenters. The highest BCUT2D eigenvalue weighted by Crippen LogP contribution is 2.39. The number of sulfonamides is 1. The first-order valence-electron chi connectivity index (χ1n) is 13.4. The van der Waals surface area contributed by atoms with Gasteiger partial charge in [-0.15, -0.1) is 0 Å². The summed E-state index contributed by atoms with van der Waals surface area (Å²) in [6.45, 7) is 1.76. The molecule has 0 saturated heterocycles. The molecule has 45 heavy (non-hydrogen) atoms. The van der Waals surface area contributed by atoms with E-state index in [1.807, 2.05) is 0 Å². The number of ether oxygens (including phenoxy) is 2. The maximum atomic E-state index is 16.5. The first kappa shape index (κ1) is 32.9. The minimum Gasteiger partial charge on any atom is -0.465 e. The van der Waals surface area contributed by atoms with E-state index in [4.69, 9.17) is 9.47 Å². The number of aromatic nitrogens is 3. The molecule has 4 aromatic rings. The Bertz CT molecular complexity index is 1820. The Hall–Kier alpha value is -4.99. The van der Waals surface area contributed by atoms with E-state index >= 15 is 8.78 Å². The van der Waals surface area contributed by atoms with E-state index in [-0.39, 0.29) is 22.2 Å². The lowest BCUT2D eigenvalue weighted by Crippen LogP contribution is -2.39. The van der Waals surface area contributed by atoms with Crippen LogP contribution in [0, 0.1) is 23.3 Å². The van der Waals surface area contributed by atoms with Crippen LogP contribution in [-0.2, 0) is 30.8 Å². The van der Waals surface area contributed by atoms with Crippen LogP contribution in [0.4, 0.5) is 28.0 Å². The molecule has 0 N–H and O–H groups in total. The van der Waals surface area contributed by atoms with Crippen LogP contribution in [0.5, 0.6) is 0 Å². The van der Waals surface area contributed by atoms with E-state index in [1.54, 1.807) is 26.0 Å². The number of carbonyl (C=O) groups excluding carboxylic acids is 2. The summed E-state index contributed by atoms with van der Waals surface area (Å²) in [5, 5.41) is 4.29. The summed E-state index contributed by atoms with van der Waals surface area (Å²) in [4.78, 5) is 27.9. The van der Waals surface area contributed by atoms with Crippen molar-refractivity contribution in [3.63, 3.8) is 0 Å². The van der Waals surface area contributed by atoms with E-state index in [0.717, 1.165) is 24.1 Å². The Morgan fingerprint density at radius 3 is 2.31 bits per heavy atom. The third kappa shape index (κ3) is 7.06. The van der Waals surface area contributed by atoms with Crippen LogP contribution in [0.1, 0.15) is 13.8 Å². The van der Waals surface area contributed by atoms with Crippen molar-refractivity contribution in [2.24, 2.45) is 0 Å². The Morgan fingerprint density at radius 1 is 0.956 bits per heavy atom. The summed E-state index contributed by atoms with van der Waals surface area (Å²) in [5.41, 5.74) is -1.03. The zero-order chi connectivity index (χ0) is 32.9. The van der Waals surface area contributed by atoms with Gasteiger partial charge in [-0.05, 0) is 61.9 Å². The highest BCUT2D eigenvalue weighted by molar-refractivity contribution is 7.92. The number of aryl methyl sites for hydroxylation is 1. The number of carbonyl (C=O) groups is 2. The molecule has 0 bridgehead atoms. The molecule has 2 heterocycles. The predicted octanol–water partition coefficient (Wildman–Crippen LogP) is 4.97. The van der Waals surface area contributed by atoms with Crippen LogP contribution < -0.4 is 4.31 Å². The Labute approximate surface area is 255 Å². The second kappa shape index (κ2) is 13.8. The summed E-state index contributed by atoms with van der Waals surface area (Å²) in [5.74, 6) is -5.89. The monoisotopic (exact) mass is 649 g/mol. The minimum absolute atomic E-state index is 0.0263. The van der Waals surface area contributed by atoms with Crippen LogP contribution >= 0.6 is 0 Å². The van der Waals surface area contributed by atoms with Crippen LogP contribution in [0.2, 0.25) is 0 Å². The molecule has 4 rings (SSSR count). The molecule has 2 aromatic heterocycles. The van der Waals surface area contributed by atoms with E-state index in [0.29, 0.717) is 30.3 Å². The summed E-state index contributed by atoms with van der Waals surface area (Å²) in [6, 6.07) is 6.23. The van der Waals surface area contributed by atoms with Gasteiger partial charge in [0.05, 0.1) is 17.9 Å². The first-order valence-corrected chi connectivity index (χ1v) is 14.8. The lowest BCUT2D eigenvalue weighted by Gasteiger charge is -2.26. The summed E-state index contributed by atoms with van der Waals surface area (Å²) in [7, 11) is -4.08. The molecule has 11 nitrogen and oxygen atoms in total. The molecule has 1 amide bonds. The van der Waals surface area contributed by atoms with Gasteiger partial charge in [0.15, 0.2) is 12.5 Å². The molecule has 0 aliphatic heterocycles. The smallest absolute Gasteiger partial charge is 0.411 e. The number of anilines is 1. The van der Waals surface area contributed by atoms with Gasteiger partial charge in [-0.1, -0.05) is 0 Å². The molecule has 0 radical (unpaired) electrons. The molecular weight excluding hydrogens is 622 g/mol. The van der Waals surface area contributed by atoms with Gasteiger partial charge in [0.2, 0.25) is 0 Å². The highest BCUT2D eigenvalue weighted by Gasteiger charge is 2.34. The van der Waals surface area contributed by atoms with Crippen molar-refractivity contribution in [1.29, 1.82) is 0 Å². The van der Waals surface area contributed by atoms with E-state index in [2.05, 4.69) is 10.1 Å². The molecule has 2 aromatic carbocycles. The molecular formula is C29H27F4N5O6S. The first-order chi connectivity index (χ1) is 21.4. The van der Waals surface area contributed by atoms with E-state index < -0.39 is 74.8 Å². The molecule has 0 saturated carbocycles. The molecule has 0 aliphatic rings. The number of rotatable bonds is 11. The topological polar surface area (TPSA) is 124 Å². The van der Waals surface area contributed by atoms with Gasteiger partial charge in [0.25, 0.3) is 10.0 Å². The van der Waals surface area contributed by atoms with Crippen molar-refractivity contribution in [2.75, 3.05) is 31.2 Å². The van der Waals surface area contributed by atoms with E-state index in [9.17, 15) is 26.8 Å². The number of likely N-dealkylation sites (N-methyl/N-ethyl adjacent to an activating group) is 1. The number of benzene rings is 2. The third-order valence-electron chi connectivity index (χ3n) is 6.40. The van der Waals surface area contributed by atoms with Crippen LogP contribution in [0.3, 0.4) is 0 Å². The zero-order valence-electron chi connectivity index (χ0n) is 24.2. The fraction of sp³-hybridized carbons (Fsp3) is 0.241. The van der Waals surface area contributed by atoms with Gasteiger partial charge in [0, 0.05) is 37.7 Å². The summed E-state index contributed by atoms with van der Waals surface area (Å²) in [6.07, 6.45) is 3.21. The third-order valence-corrected chi connectivity index (χ3v) is 8.15. The zero-order valence-corrected chi connectivity index (χ0v) is 25.0. The maximum Gasteiger partial charge on any atom is 0.411 e. The Balaban J connectivity index is 1.85. The molecule has 238 valence electrons. The van der Waals surface area contributed by atoms with Gasteiger partial charge < -0.3 is 14.4 Å². The fourth-order valence-corrected chi connectivity index (χ4v) is 5.62. The number of hydrogen-bond donors (Lipinski definition) is 0. The number of pyridine rings is 1. The van der Waals surface area contributed by atoms with Crippen molar-refractivity contribution in [1.82, 2.24) is 19.7 Å². The number of nitrogens with zero attached hydrogens (tertiary/aromatic N) is 5. The Kier molecular flexibility index (Phi) is 10.1. The molecule has 16 heteroatoms.